The number of benzene rings is 1. The molecule has 0 unspecified atom stereocenters. The maximum absolute atomic E-state index is 12.1. The highest BCUT2D eigenvalue weighted by Crippen LogP contribution is 2.34. The van der Waals surface area contributed by atoms with Crippen molar-refractivity contribution in [2.75, 3.05) is 12.1 Å². The molecule has 7 nitrogen and oxygen atoms in total. The smallest absolute Gasteiger partial charge is 0.270 e. The summed E-state index contributed by atoms with van der Waals surface area (Å²) >= 11 is 0. The van der Waals surface area contributed by atoms with Gasteiger partial charge in [0.1, 0.15) is 5.69 Å². The van der Waals surface area contributed by atoms with Gasteiger partial charge in [-0.05, 0) is 38.0 Å². The molecule has 0 atom stereocenters. The lowest BCUT2D eigenvalue weighted by Gasteiger charge is -2.09. The Bertz CT molecular complexity index is 774. The van der Waals surface area contributed by atoms with Crippen molar-refractivity contribution in [3.8, 4) is 11.5 Å². The minimum Gasteiger partial charge on any atom is -0.454 e. The third kappa shape index (κ3) is 3.03. The molecule has 118 valence electrons. The molecule has 0 saturated heterocycles. The molecule has 4 rings (SSSR count). The molecule has 1 saturated carbocycles. The quantitative estimate of drug-likeness (QED) is 0.900. The Balaban J connectivity index is 1.56. The maximum Gasteiger partial charge on any atom is 0.270 e. The van der Waals surface area contributed by atoms with Crippen LogP contribution in [0.25, 0.3) is 0 Å². The summed E-state index contributed by atoms with van der Waals surface area (Å²) in [5.74, 6) is 1.61. The Morgan fingerprint density at radius 3 is 2.83 bits per heavy atom. The number of rotatable bonds is 4. The van der Waals surface area contributed by atoms with Gasteiger partial charge in [0.05, 0.1) is 0 Å². The number of nitrogens with one attached hydrogen (secondary N) is 2. The second kappa shape index (κ2) is 5.42. The first-order chi connectivity index (χ1) is 11.2. The van der Waals surface area contributed by atoms with Crippen LogP contribution in [0.15, 0.2) is 24.3 Å². The molecule has 0 spiro atoms. The summed E-state index contributed by atoms with van der Waals surface area (Å²) in [6.07, 6.45) is 2.08. The van der Waals surface area contributed by atoms with Crippen molar-refractivity contribution in [3.05, 3.63) is 35.7 Å². The van der Waals surface area contributed by atoms with Gasteiger partial charge >= 0.3 is 0 Å². The van der Waals surface area contributed by atoms with E-state index >= 15 is 0 Å². The van der Waals surface area contributed by atoms with Crippen LogP contribution < -0.4 is 20.1 Å². The largest absolute Gasteiger partial charge is 0.454 e. The first-order valence-corrected chi connectivity index (χ1v) is 7.50. The molecule has 2 heterocycles. The molecule has 2 aromatic rings. The van der Waals surface area contributed by atoms with Gasteiger partial charge in [-0.2, -0.15) is 0 Å². The minimum absolute atomic E-state index is 0.160. The number of ether oxygens (including phenoxy) is 2. The fraction of sp³-hybridized carbons (Fsp3) is 0.312. The molecule has 1 amide bonds. The molecule has 0 bridgehead atoms. The van der Waals surface area contributed by atoms with E-state index in [4.69, 9.17) is 9.47 Å². The predicted molar refractivity (Wildman–Crippen MR) is 83.1 cm³/mol. The van der Waals surface area contributed by atoms with E-state index in [1.54, 1.807) is 6.07 Å². The van der Waals surface area contributed by atoms with E-state index in [2.05, 4.69) is 20.6 Å². The summed E-state index contributed by atoms with van der Waals surface area (Å²) in [6, 6.07) is 7.47. The van der Waals surface area contributed by atoms with E-state index in [1.807, 2.05) is 25.1 Å². The van der Waals surface area contributed by atoms with Crippen molar-refractivity contribution >= 4 is 17.5 Å². The lowest BCUT2D eigenvalue weighted by Crippen LogP contribution is -2.26. The Hall–Kier alpha value is -2.83. The van der Waals surface area contributed by atoms with Crippen molar-refractivity contribution in [2.24, 2.45) is 0 Å². The molecule has 2 aliphatic rings. The number of hydrogen-bond acceptors (Lipinski definition) is 6. The number of anilines is 2. The van der Waals surface area contributed by atoms with Crippen LogP contribution in [-0.2, 0) is 0 Å². The van der Waals surface area contributed by atoms with Gasteiger partial charge in [0.15, 0.2) is 11.5 Å². The summed E-state index contributed by atoms with van der Waals surface area (Å²) in [4.78, 5) is 20.8. The van der Waals surface area contributed by atoms with Crippen LogP contribution in [0, 0.1) is 6.92 Å². The summed E-state index contributed by atoms with van der Waals surface area (Å²) < 4.78 is 10.6. The third-order valence-corrected chi connectivity index (χ3v) is 3.63. The second-order valence-electron chi connectivity index (χ2n) is 5.66. The van der Waals surface area contributed by atoms with Crippen molar-refractivity contribution in [3.63, 3.8) is 0 Å². The van der Waals surface area contributed by atoms with Crippen LogP contribution in [-0.4, -0.2) is 28.7 Å². The number of hydrogen-bond donors (Lipinski definition) is 2. The second-order valence-corrected chi connectivity index (χ2v) is 5.66. The van der Waals surface area contributed by atoms with Crippen LogP contribution >= 0.6 is 0 Å². The molecule has 23 heavy (non-hydrogen) atoms. The van der Waals surface area contributed by atoms with Crippen molar-refractivity contribution in [2.45, 2.75) is 25.8 Å². The van der Waals surface area contributed by atoms with Crippen LogP contribution in [0.1, 0.15) is 29.0 Å². The predicted octanol–water partition coefficient (Wildman–Crippen LogP) is 2.15. The summed E-state index contributed by atoms with van der Waals surface area (Å²) in [7, 11) is 0. The van der Waals surface area contributed by atoms with E-state index in [0.717, 1.165) is 24.2 Å². The lowest BCUT2D eigenvalue weighted by atomic mass is 10.3. The van der Waals surface area contributed by atoms with Crippen LogP contribution in [0.5, 0.6) is 11.5 Å². The minimum atomic E-state index is -0.160. The molecule has 7 heteroatoms. The van der Waals surface area contributed by atoms with Gasteiger partial charge in [0, 0.05) is 23.5 Å². The van der Waals surface area contributed by atoms with Gasteiger partial charge in [-0.25, -0.2) is 9.97 Å². The number of fused-ring (bicyclic) bond motifs is 1. The van der Waals surface area contributed by atoms with E-state index in [1.165, 1.54) is 0 Å². The van der Waals surface area contributed by atoms with Crippen LogP contribution in [0.2, 0.25) is 0 Å². The fourth-order valence-electron chi connectivity index (χ4n) is 2.33. The summed E-state index contributed by atoms with van der Waals surface area (Å²) in [5.41, 5.74) is 1.87. The number of carbonyl (C=O) groups is 1. The molecule has 1 aromatic heterocycles. The zero-order valence-electron chi connectivity index (χ0n) is 12.6. The average Bonchev–Trinajstić information content (AvgIpc) is 3.21. The van der Waals surface area contributed by atoms with Gasteiger partial charge in [-0.1, -0.05) is 0 Å². The Morgan fingerprint density at radius 2 is 2.00 bits per heavy atom. The third-order valence-electron chi connectivity index (χ3n) is 3.63. The number of amides is 1. The van der Waals surface area contributed by atoms with E-state index in [9.17, 15) is 4.79 Å². The van der Waals surface area contributed by atoms with Crippen molar-refractivity contribution < 1.29 is 14.3 Å². The summed E-state index contributed by atoms with van der Waals surface area (Å²) in [5, 5.41) is 6.03. The van der Waals surface area contributed by atoms with Gasteiger partial charge < -0.3 is 20.1 Å². The van der Waals surface area contributed by atoms with E-state index < -0.39 is 0 Å². The van der Waals surface area contributed by atoms with E-state index in [0.29, 0.717) is 29.2 Å². The highest BCUT2D eigenvalue weighted by molar-refractivity contribution is 5.93. The maximum atomic E-state index is 12.1. The molecule has 1 fully saturated rings. The SMILES string of the molecule is Cc1cc(C(=O)NC2CC2)nc(Nc2ccc3c(c2)OCO3)n1. The zero-order valence-corrected chi connectivity index (χ0v) is 12.6. The molecular weight excluding hydrogens is 296 g/mol. The number of nitrogens with zero attached hydrogens (tertiary/aromatic N) is 2. The van der Waals surface area contributed by atoms with Gasteiger partial charge in [-0.15, -0.1) is 0 Å². The van der Waals surface area contributed by atoms with E-state index in [-0.39, 0.29) is 12.7 Å². The normalized spacial score (nSPS) is 15.3. The molecule has 0 radical (unpaired) electrons. The van der Waals surface area contributed by atoms with Crippen molar-refractivity contribution in [1.29, 1.82) is 0 Å². The summed E-state index contributed by atoms with van der Waals surface area (Å²) in [6.45, 7) is 2.06. The van der Waals surface area contributed by atoms with Crippen LogP contribution in [0.3, 0.4) is 0 Å². The highest BCUT2D eigenvalue weighted by atomic mass is 16.7. The molecule has 1 aliphatic carbocycles. The molecule has 1 aliphatic heterocycles. The highest BCUT2D eigenvalue weighted by Gasteiger charge is 2.24. The number of aryl methyl sites for hydroxylation is 1. The average molecular weight is 312 g/mol. The Labute approximate surface area is 133 Å². The van der Waals surface area contributed by atoms with Gasteiger partial charge in [0.2, 0.25) is 12.7 Å². The number of aromatic nitrogens is 2. The molecule has 1 aromatic carbocycles. The zero-order chi connectivity index (χ0) is 15.8. The fourth-order valence-corrected chi connectivity index (χ4v) is 2.33. The van der Waals surface area contributed by atoms with Gasteiger partial charge in [0.25, 0.3) is 5.91 Å². The van der Waals surface area contributed by atoms with Gasteiger partial charge in [-0.3, -0.25) is 4.79 Å². The first-order valence-electron chi connectivity index (χ1n) is 7.50. The topological polar surface area (TPSA) is 85.4 Å². The standard InChI is InChI=1S/C16H16N4O3/c1-9-6-12(15(21)18-10-2-3-10)20-16(17-9)19-11-4-5-13-14(7-11)23-8-22-13/h4-7,10H,2-3,8H2,1H3,(H,18,21)(H,17,19,20). The Morgan fingerprint density at radius 1 is 1.17 bits per heavy atom. The molecular formula is C16H16N4O3. The Kier molecular flexibility index (Phi) is 3.25. The molecule has 2 N–H and O–H groups in total. The monoisotopic (exact) mass is 312 g/mol. The van der Waals surface area contributed by atoms with Crippen molar-refractivity contribution in [1.82, 2.24) is 15.3 Å². The lowest BCUT2D eigenvalue weighted by molar-refractivity contribution is 0.0946. The first kappa shape index (κ1) is 13.8. The van der Waals surface area contributed by atoms with Crippen LogP contribution in [0.4, 0.5) is 11.6 Å². The number of carbonyl (C=O) groups excluding carboxylic acids is 1.